The molecule has 0 saturated carbocycles. The zero-order valence-corrected chi connectivity index (χ0v) is 14.0. The summed E-state index contributed by atoms with van der Waals surface area (Å²) in [5.41, 5.74) is 2.89. The zero-order valence-electron chi connectivity index (χ0n) is 13.2. The molecule has 0 saturated heterocycles. The fourth-order valence-corrected chi connectivity index (χ4v) is 2.36. The van der Waals surface area contributed by atoms with Gasteiger partial charge in [-0.05, 0) is 25.1 Å². The summed E-state index contributed by atoms with van der Waals surface area (Å²) in [6.45, 7) is 1.88. The number of thiazole rings is 1. The third-order valence-electron chi connectivity index (χ3n) is 3.01. The number of ether oxygens (including phenoxy) is 2. The summed E-state index contributed by atoms with van der Waals surface area (Å²) in [4.78, 5) is 29.3. The van der Waals surface area contributed by atoms with Gasteiger partial charge in [-0.3, -0.25) is 4.79 Å². The number of likely N-dealkylation sites (N-methyl/N-ethyl adjacent to an activating group) is 1. The smallest absolute Gasteiger partial charge is 0.339 e. The van der Waals surface area contributed by atoms with Gasteiger partial charge in [0, 0.05) is 19.5 Å². The maximum atomic E-state index is 12.1. The zero-order chi connectivity index (χ0) is 16.8. The number of benzene rings is 1. The molecule has 0 aliphatic rings. The van der Waals surface area contributed by atoms with Crippen molar-refractivity contribution in [3.63, 3.8) is 0 Å². The van der Waals surface area contributed by atoms with Crippen molar-refractivity contribution in [1.82, 2.24) is 9.88 Å². The lowest BCUT2D eigenvalue weighted by atomic mass is 10.2. The van der Waals surface area contributed by atoms with E-state index in [1.54, 1.807) is 50.8 Å². The molecule has 0 bridgehead atoms. The van der Waals surface area contributed by atoms with E-state index in [9.17, 15) is 9.59 Å². The van der Waals surface area contributed by atoms with Crippen LogP contribution in [0.3, 0.4) is 0 Å². The highest BCUT2D eigenvalue weighted by Gasteiger charge is 2.20. The van der Waals surface area contributed by atoms with E-state index in [4.69, 9.17) is 9.47 Å². The molecule has 7 heteroatoms. The van der Waals surface area contributed by atoms with Gasteiger partial charge in [0.1, 0.15) is 12.4 Å². The summed E-state index contributed by atoms with van der Waals surface area (Å²) in [7, 11) is 3.22. The van der Waals surface area contributed by atoms with Crippen LogP contribution < -0.4 is 4.74 Å². The first-order valence-corrected chi connectivity index (χ1v) is 7.93. The topological polar surface area (TPSA) is 68.7 Å². The number of carbonyl (C=O) groups is 2. The Labute approximate surface area is 138 Å². The Kier molecular flexibility index (Phi) is 5.70. The van der Waals surface area contributed by atoms with Crippen molar-refractivity contribution in [2.75, 3.05) is 14.1 Å². The summed E-state index contributed by atoms with van der Waals surface area (Å²) >= 11 is 1.49. The van der Waals surface area contributed by atoms with Crippen molar-refractivity contribution in [2.45, 2.75) is 19.6 Å². The first kappa shape index (κ1) is 17.0. The van der Waals surface area contributed by atoms with Gasteiger partial charge < -0.3 is 14.4 Å². The standard InChI is InChI=1S/C16H18N2O4S/c1-11(15(19)18(2)3)22-16(20)12-5-4-6-14(7-12)21-8-13-9-23-10-17-13/h4-7,9-11H,8H2,1-3H3. The summed E-state index contributed by atoms with van der Waals surface area (Å²) in [5, 5.41) is 1.90. The molecule has 1 heterocycles. The van der Waals surface area contributed by atoms with E-state index in [0.717, 1.165) is 5.69 Å². The monoisotopic (exact) mass is 334 g/mol. The van der Waals surface area contributed by atoms with Crippen molar-refractivity contribution < 1.29 is 19.1 Å². The lowest BCUT2D eigenvalue weighted by Crippen LogP contribution is -2.34. The van der Waals surface area contributed by atoms with Crippen molar-refractivity contribution in [3.8, 4) is 5.75 Å². The molecule has 1 unspecified atom stereocenters. The van der Waals surface area contributed by atoms with Crippen LogP contribution in [0.5, 0.6) is 5.75 Å². The molecule has 1 atom stereocenters. The van der Waals surface area contributed by atoms with E-state index in [-0.39, 0.29) is 5.91 Å². The lowest BCUT2D eigenvalue weighted by molar-refractivity contribution is -0.137. The van der Waals surface area contributed by atoms with Crippen molar-refractivity contribution in [2.24, 2.45) is 0 Å². The highest BCUT2D eigenvalue weighted by Crippen LogP contribution is 2.16. The van der Waals surface area contributed by atoms with Crippen molar-refractivity contribution in [3.05, 3.63) is 46.4 Å². The number of amides is 1. The normalized spacial score (nSPS) is 11.6. The van der Waals surface area contributed by atoms with Crippen molar-refractivity contribution >= 4 is 23.2 Å². The Morgan fingerprint density at radius 1 is 1.35 bits per heavy atom. The van der Waals surface area contributed by atoms with Gasteiger partial charge in [0.2, 0.25) is 0 Å². The molecule has 122 valence electrons. The van der Waals surface area contributed by atoms with Gasteiger partial charge in [-0.25, -0.2) is 9.78 Å². The third-order valence-corrected chi connectivity index (χ3v) is 3.65. The van der Waals surface area contributed by atoms with Crippen molar-refractivity contribution in [1.29, 1.82) is 0 Å². The number of nitrogens with zero attached hydrogens (tertiary/aromatic N) is 2. The van der Waals surface area contributed by atoms with Crippen LogP contribution in [0.4, 0.5) is 0 Å². The molecule has 6 nitrogen and oxygen atoms in total. The van der Waals surface area contributed by atoms with Crippen LogP contribution in [0.2, 0.25) is 0 Å². The molecule has 0 aliphatic carbocycles. The van der Waals surface area contributed by atoms with E-state index in [2.05, 4.69) is 4.98 Å². The minimum Gasteiger partial charge on any atom is -0.487 e. The Morgan fingerprint density at radius 2 is 2.13 bits per heavy atom. The molecule has 2 aromatic rings. The second-order valence-electron chi connectivity index (χ2n) is 5.08. The minimum absolute atomic E-state index is 0.269. The van der Waals surface area contributed by atoms with Gasteiger partial charge in [-0.15, -0.1) is 11.3 Å². The predicted octanol–water partition coefficient (Wildman–Crippen LogP) is 2.36. The molecular weight excluding hydrogens is 316 g/mol. The second kappa shape index (κ2) is 7.73. The largest absolute Gasteiger partial charge is 0.487 e. The van der Waals surface area contributed by atoms with Crippen LogP contribution in [0.25, 0.3) is 0 Å². The van der Waals surface area contributed by atoms with E-state index in [1.807, 2.05) is 5.38 Å². The Morgan fingerprint density at radius 3 is 2.78 bits per heavy atom. The van der Waals surface area contributed by atoms with Crippen LogP contribution in [0.15, 0.2) is 35.2 Å². The SMILES string of the molecule is CC(OC(=O)c1cccc(OCc2cscn2)c1)C(=O)N(C)C. The highest BCUT2D eigenvalue weighted by molar-refractivity contribution is 7.07. The summed E-state index contributed by atoms with van der Waals surface area (Å²) in [6, 6.07) is 6.65. The number of carbonyl (C=O) groups excluding carboxylic acids is 2. The Balaban J connectivity index is 1.98. The van der Waals surface area contributed by atoms with E-state index in [1.165, 1.54) is 16.2 Å². The van der Waals surface area contributed by atoms with E-state index < -0.39 is 12.1 Å². The lowest BCUT2D eigenvalue weighted by Gasteiger charge is -2.17. The fourth-order valence-electron chi connectivity index (χ4n) is 1.82. The molecule has 0 N–H and O–H groups in total. The molecule has 0 spiro atoms. The average molecular weight is 334 g/mol. The van der Waals surface area contributed by atoms with E-state index in [0.29, 0.717) is 17.9 Å². The number of rotatable bonds is 6. The Hall–Kier alpha value is -2.41. The number of esters is 1. The first-order valence-electron chi connectivity index (χ1n) is 6.99. The molecule has 2 rings (SSSR count). The first-order chi connectivity index (χ1) is 11.0. The van der Waals surface area contributed by atoms with Gasteiger partial charge in [0.25, 0.3) is 5.91 Å². The number of aromatic nitrogens is 1. The van der Waals surface area contributed by atoms with Crippen LogP contribution in [-0.2, 0) is 16.1 Å². The number of hydrogen-bond donors (Lipinski definition) is 0. The molecular formula is C16H18N2O4S. The molecule has 0 aliphatic heterocycles. The quantitative estimate of drug-likeness (QED) is 0.759. The predicted molar refractivity (Wildman–Crippen MR) is 86.5 cm³/mol. The van der Waals surface area contributed by atoms with Gasteiger partial charge in [0.15, 0.2) is 6.10 Å². The molecule has 1 amide bonds. The molecule has 23 heavy (non-hydrogen) atoms. The van der Waals surface area contributed by atoms with Gasteiger partial charge in [-0.2, -0.15) is 0 Å². The van der Waals surface area contributed by atoms with Gasteiger partial charge >= 0.3 is 5.97 Å². The minimum atomic E-state index is -0.836. The number of hydrogen-bond acceptors (Lipinski definition) is 6. The summed E-state index contributed by atoms with van der Waals surface area (Å²) < 4.78 is 10.8. The summed E-state index contributed by atoms with van der Waals surface area (Å²) in [5.74, 6) is -0.292. The van der Waals surface area contributed by atoms with E-state index >= 15 is 0 Å². The third kappa shape index (κ3) is 4.79. The molecule has 0 radical (unpaired) electrons. The second-order valence-corrected chi connectivity index (χ2v) is 5.80. The molecule has 0 fully saturated rings. The van der Waals surface area contributed by atoms with Gasteiger partial charge in [-0.1, -0.05) is 6.07 Å². The highest BCUT2D eigenvalue weighted by atomic mass is 32.1. The molecule has 1 aromatic heterocycles. The maximum Gasteiger partial charge on any atom is 0.339 e. The van der Waals surface area contributed by atoms with Crippen LogP contribution >= 0.6 is 11.3 Å². The summed E-state index contributed by atoms with van der Waals surface area (Å²) in [6.07, 6.45) is -0.836. The fraction of sp³-hybridized carbons (Fsp3) is 0.312. The maximum absolute atomic E-state index is 12.1. The van der Waals surface area contributed by atoms with Crippen LogP contribution in [0, 0.1) is 0 Å². The van der Waals surface area contributed by atoms with Gasteiger partial charge in [0.05, 0.1) is 16.8 Å². The average Bonchev–Trinajstić information content (AvgIpc) is 3.05. The Bertz CT molecular complexity index is 670. The van der Waals surface area contributed by atoms with Crippen LogP contribution in [0.1, 0.15) is 23.0 Å². The van der Waals surface area contributed by atoms with Crippen LogP contribution in [-0.4, -0.2) is 42.0 Å². The molecule has 1 aromatic carbocycles.